The average molecular weight is 367 g/mol. The van der Waals surface area contributed by atoms with Crippen molar-refractivity contribution in [2.24, 2.45) is 0 Å². The molecule has 1 aromatic heterocycles. The number of rotatable bonds is 4. The number of anilines is 1. The van der Waals surface area contributed by atoms with Crippen LogP contribution in [0.5, 0.6) is 0 Å². The molecule has 0 atom stereocenters. The zero-order valence-electron chi connectivity index (χ0n) is 14.6. The van der Waals surface area contributed by atoms with E-state index in [1.165, 1.54) is 6.07 Å². The number of aryl methyl sites for hydroxylation is 1. The number of carbonyl (C=O) groups is 1. The Morgan fingerprint density at radius 1 is 1.04 bits per heavy atom. The van der Waals surface area contributed by atoms with Gasteiger partial charge in [-0.3, -0.25) is 9.59 Å². The monoisotopic (exact) mass is 366 g/mol. The largest absolute Gasteiger partial charge is 0.322 e. The van der Waals surface area contributed by atoms with Gasteiger partial charge in [-0.1, -0.05) is 41.9 Å². The molecule has 0 bridgehead atoms. The second-order valence-electron chi connectivity index (χ2n) is 6.15. The number of nitrogens with one attached hydrogen (secondary N) is 1. The molecule has 0 radical (unpaired) electrons. The van der Waals surface area contributed by atoms with Crippen molar-refractivity contribution in [2.45, 2.75) is 20.4 Å². The van der Waals surface area contributed by atoms with Crippen LogP contribution in [0.4, 0.5) is 5.69 Å². The van der Waals surface area contributed by atoms with Gasteiger partial charge in [0, 0.05) is 16.9 Å². The first-order valence-electron chi connectivity index (χ1n) is 8.28. The maximum Gasteiger partial charge on any atom is 0.263 e. The molecule has 1 amide bonds. The second-order valence-corrected chi connectivity index (χ2v) is 6.56. The van der Waals surface area contributed by atoms with Crippen molar-refractivity contribution in [3.8, 4) is 0 Å². The van der Waals surface area contributed by atoms with E-state index in [9.17, 15) is 9.59 Å². The quantitative estimate of drug-likeness (QED) is 0.743. The second kappa shape index (κ2) is 7.58. The van der Waals surface area contributed by atoms with Crippen LogP contribution in [-0.2, 0) is 6.54 Å². The molecule has 0 saturated heterocycles. The molecule has 4 nitrogen and oxygen atoms in total. The Morgan fingerprint density at radius 3 is 2.58 bits per heavy atom. The molecule has 0 saturated carbocycles. The van der Waals surface area contributed by atoms with E-state index in [1.807, 2.05) is 38.1 Å². The Kier molecular flexibility index (Phi) is 5.24. The van der Waals surface area contributed by atoms with Crippen molar-refractivity contribution in [1.29, 1.82) is 0 Å². The summed E-state index contributed by atoms with van der Waals surface area (Å²) in [6, 6.07) is 16.4. The molecular weight excluding hydrogens is 348 g/mol. The molecule has 1 N–H and O–H groups in total. The smallest absolute Gasteiger partial charge is 0.263 e. The number of nitrogens with zero attached hydrogens (tertiary/aromatic N) is 1. The van der Waals surface area contributed by atoms with Crippen LogP contribution in [0.25, 0.3) is 0 Å². The van der Waals surface area contributed by atoms with Crippen LogP contribution in [0.3, 0.4) is 0 Å². The lowest BCUT2D eigenvalue weighted by molar-refractivity contribution is 0.102. The van der Waals surface area contributed by atoms with E-state index in [4.69, 9.17) is 11.6 Å². The first-order valence-corrected chi connectivity index (χ1v) is 8.65. The highest BCUT2D eigenvalue weighted by atomic mass is 35.5. The summed E-state index contributed by atoms with van der Waals surface area (Å²) in [5, 5.41) is 3.34. The standard InChI is InChI=1S/C21H19ClN2O2/c1-14-7-3-4-8-16(14)13-24-12-6-9-17(21(24)26)20(25)23-19-11-5-10-18(22)15(19)2/h3-12H,13H2,1-2H3,(H,23,25). The summed E-state index contributed by atoms with van der Waals surface area (Å²) >= 11 is 6.09. The summed E-state index contributed by atoms with van der Waals surface area (Å²) in [6.07, 6.45) is 1.69. The fraction of sp³-hybridized carbons (Fsp3) is 0.143. The minimum absolute atomic E-state index is 0.0976. The van der Waals surface area contributed by atoms with Crippen molar-refractivity contribution in [2.75, 3.05) is 5.32 Å². The van der Waals surface area contributed by atoms with E-state index >= 15 is 0 Å². The maximum absolute atomic E-state index is 12.7. The van der Waals surface area contributed by atoms with Crippen LogP contribution < -0.4 is 10.9 Å². The van der Waals surface area contributed by atoms with E-state index in [0.29, 0.717) is 17.3 Å². The Bertz CT molecular complexity index is 1020. The summed E-state index contributed by atoms with van der Waals surface area (Å²) in [5.74, 6) is -0.445. The molecule has 3 aromatic rings. The predicted octanol–water partition coefficient (Wildman–Crippen LogP) is 4.42. The van der Waals surface area contributed by atoms with Crippen LogP contribution in [0.15, 0.2) is 65.6 Å². The molecule has 0 aliphatic carbocycles. The molecule has 0 unspecified atom stereocenters. The lowest BCUT2D eigenvalue weighted by atomic mass is 10.1. The van der Waals surface area contributed by atoms with Gasteiger partial charge in [-0.2, -0.15) is 0 Å². The zero-order valence-corrected chi connectivity index (χ0v) is 15.4. The summed E-state index contributed by atoms with van der Waals surface area (Å²) in [7, 11) is 0. The third-order valence-corrected chi connectivity index (χ3v) is 4.79. The van der Waals surface area contributed by atoms with E-state index in [2.05, 4.69) is 5.32 Å². The molecule has 0 spiro atoms. The Hall–Kier alpha value is -2.85. The molecule has 1 heterocycles. The van der Waals surface area contributed by atoms with Gasteiger partial charge in [0.05, 0.1) is 6.54 Å². The molecule has 0 aliphatic rings. The third kappa shape index (κ3) is 3.70. The fourth-order valence-electron chi connectivity index (χ4n) is 2.74. The number of halogens is 1. The van der Waals surface area contributed by atoms with Gasteiger partial charge in [-0.15, -0.1) is 0 Å². The molecule has 26 heavy (non-hydrogen) atoms. The van der Waals surface area contributed by atoms with Gasteiger partial charge in [0.1, 0.15) is 5.56 Å². The minimum Gasteiger partial charge on any atom is -0.322 e. The highest BCUT2D eigenvalue weighted by Gasteiger charge is 2.14. The normalized spacial score (nSPS) is 10.6. The molecule has 2 aromatic carbocycles. The Morgan fingerprint density at radius 2 is 1.81 bits per heavy atom. The van der Waals surface area contributed by atoms with Gasteiger partial charge in [0.25, 0.3) is 11.5 Å². The van der Waals surface area contributed by atoms with Crippen molar-refractivity contribution in [3.05, 3.63) is 98.4 Å². The summed E-state index contributed by atoms with van der Waals surface area (Å²) in [5.41, 5.74) is 3.27. The van der Waals surface area contributed by atoms with E-state index in [0.717, 1.165) is 16.7 Å². The lowest BCUT2D eigenvalue weighted by Crippen LogP contribution is -2.29. The first kappa shape index (κ1) is 18.0. The molecule has 0 aliphatic heterocycles. The number of benzene rings is 2. The molecule has 132 valence electrons. The van der Waals surface area contributed by atoms with Gasteiger partial charge in [-0.25, -0.2) is 0 Å². The number of hydrogen-bond acceptors (Lipinski definition) is 2. The van der Waals surface area contributed by atoms with E-state index in [-0.39, 0.29) is 11.1 Å². The number of amides is 1. The molecule has 5 heteroatoms. The number of pyridine rings is 1. The first-order chi connectivity index (χ1) is 12.5. The lowest BCUT2D eigenvalue weighted by Gasteiger charge is -2.12. The molecular formula is C21H19ClN2O2. The predicted molar refractivity (Wildman–Crippen MR) is 105 cm³/mol. The number of carbonyl (C=O) groups excluding carboxylic acids is 1. The molecule has 0 fully saturated rings. The van der Waals surface area contributed by atoms with Crippen LogP contribution in [0.1, 0.15) is 27.0 Å². The minimum atomic E-state index is -0.445. The summed E-state index contributed by atoms with van der Waals surface area (Å²) in [4.78, 5) is 25.3. The van der Waals surface area contributed by atoms with Gasteiger partial charge >= 0.3 is 0 Å². The summed E-state index contributed by atoms with van der Waals surface area (Å²) < 4.78 is 1.54. The Balaban J connectivity index is 1.89. The van der Waals surface area contributed by atoms with E-state index < -0.39 is 5.91 Å². The van der Waals surface area contributed by atoms with Gasteiger partial charge in [0.2, 0.25) is 0 Å². The summed E-state index contributed by atoms with van der Waals surface area (Å²) in [6.45, 7) is 4.24. The highest BCUT2D eigenvalue weighted by molar-refractivity contribution is 6.31. The van der Waals surface area contributed by atoms with Crippen molar-refractivity contribution < 1.29 is 4.79 Å². The van der Waals surface area contributed by atoms with Crippen LogP contribution >= 0.6 is 11.6 Å². The van der Waals surface area contributed by atoms with Crippen molar-refractivity contribution in [3.63, 3.8) is 0 Å². The van der Waals surface area contributed by atoms with Crippen molar-refractivity contribution in [1.82, 2.24) is 4.57 Å². The zero-order chi connectivity index (χ0) is 18.7. The Labute approximate surface area is 157 Å². The van der Waals surface area contributed by atoms with Gasteiger partial charge < -0.3 is 9.88 Å². The van der Waals surface area contributed by atoms with Crippen LogP contribution in [-0.4, -0.2) is 10.5 Å². The van der Waals surface area contributed by atoms with E-state index in [1.54, 1.807) is 35.0 Å². The topological polar surface area (TPSA) is 51.1 Å². The van der Waals surface area contributed by atoms with Crippen molar-refractivity contribution >= 4 is 23.2 Å². The SMILES string of the molecule is Cc1ccccc1Cn1cccc(C(=O)Nc2cccc(Cl)c2C)c1=O. The van der Waals surface area contributed by atoms with Gasteiger partial charge in [0.15, 0.2) is 0 Å². The average Bonchev–Trinajstić information content (AvgIpc) is 2.62. The fourth-order valence-corrected chi connectivity index (χ4v) is 2.91. The molecule has 3 rings (SSSR count). The van der Waals surface area contributed by atoms with Crippen LogP contribution in [0, 0.1) is 13.8 Å². The van der Waals surface area contributed by atoms with Crippen LogP contribution in [0.2, 0.25) is 5.02 Å². The highest BCUT2D eigenvalue weighted by Crippen LogP contribution is 2.23. The number of aromatic nitrogens is 1. The number of hydrogen-bond donors (Lipinski definition) is 1. The third-order valence-electron chi connectivity index (χ3n) is 4.38. The van der Waals surface area contributed by atoms with Gasteiger partial charge in [-0.05, 0) is 54.8 Å². The maximum atomic E-state index is 12.7.